The van der Waals surface area contributed by atoms with Gasteiger partial charge in [0.15, 0.2) is 5.58 Å². The van der Waals surface area contributed by atoms with Gasteiger partial charge in [-0.25, -0.2) is 9.37 Å². The molecule has 7 nitrogen and oxygen atoms in total. The molecule has 0 saturated heterocycles. The number of aromatic hydroxyl groups is 1. The molecule has 0 aliphatic heterocycles. The van der Waals surface area contributed by atoms with Crippen molar-refractivity contribution in [3.8, 4) is 17.2 Å². The van der Waals surface area contributed by atoms with Gasteiger partial charge in [0, 0.05) is 29.5 Å². The summed E-state index contributed by atoms with van der Waals surface area (Å²) in [6, 6.07) is 13.0. The number of nitro groups is 1. The number of oxazole rings is 1. The number of aliphatic imine (C=N–C) groups is 1. The summed E-state index contributed by atoms with van der Waals surface area (Å²) in [4.78, 5) is 19.1. The van der Waals surface area contributed by atoms with Crippen LogP contribution in [0.1, 0.15) is 11.1 Å². The molecule has 0 saturated carbocycles. The van der Waals surface area contributed by atoms with Gasteiger partial charge in [-0.15, -0.1) is 0 Å². The SMILES string of the molecule is Cc1cc(N=Cc2cc([N+](=O)[O-])ccc2O)cc2nc(-c3ccc(F)cc3)oc12. The van der Waals surface area contributed by atoms with Crippen molar-refractivity contribution < 1.29 is 18.8 Å². The van der Waals surface area contributed by atoms with E-state index in [1.54, 1.807) is 24.3 Å². The van der Waals surface area contributed by atoms with Gasteiger partial charge in [0.05, 0.1) is 10.6 Å². The van der Waals surface area contributed by atoms with E-state index in [1.165, 1.54) is 36.5 Å². The van der Waals surface area contributed by atoms with E-state index in [4.69, 9.17) is 4.42 Å². The van der Waals surface area contributed by atoms with E-state index in [-0.39, 0.29) is 22.8 Å². The van der Waals surface area contributed by atoms with E-state index in [2.05, 4.69) is 9.98 Å². The largest absolute Gasteiger partial charge is 0.507 e. The third-order valence-corrected chi connectivity index (χ3v) is 4.33. The number of nitrogens with zero attached hydrogens (tertiary/aromatic N) is 3. The highest BCUT2D eigenvalue weighted by atomic mass is 19.1. The van der Waals surface area contributed by atoms with Crippen LogP contribution in [0.5, 0.6) is 5.75 Å². The van der Waals surface area contributed by atoms with Crippen molar-refractivity contribution in [3.05, 3.63) is 81.7 Å². The lowest BCUT2D eigenvalue weighted by molar-refractivity contribution is -0.384. The molecule has 29 heavy (non-hydrogen) atoms. The first-order chi connectivity index (χ1) is 13.9. The summed E-state index contributed by atoms with van der Waals surface area (Å²) in [6.45, 7) is 1.84. The maximum absolute atomic E-state index is 13.1. The molecule has 0 aliphatic rings. The molecule has 0 aliphatic carbocycles. The van der Waals surface area contributed by atoms with Crippen LogP contribution >= 0.6 is 0 Å². The Balaban J connectivity index is 1.70. The molecule has 3 aromatic carbocycles. The summed E-state index contributed by atoms with van der Waals surface area (Å²) in [5.74, 6) is -0.0974. The topological polar surface area (TPSA) is 102 Å². The number of hydrogen-bond donors (Lipinski definition) is 1. The Morgan fingerprint density at radius 3 is 2.66 bits per heavy atom. The van der Waals surface area contributed by atoms with Crippen LogP contribution in [0, 0.1) is 22.9 Å². The van der Waals surface area contributed by atoms with Crippen LogP contribution in [0.15, 0.2) is 64.0 Å². The van der Waals surface area contributed by atoms with E-state index in [0.717, 1.165) is 5.56 Å². The van der Waals surface area contributed by atoms with Gasteiger partial charge in [-0.3, -0.25) is 15.1 Å². The predicted octanol–water partition coefficient (Wildman–Crippen LogP) is 5.31. The molecule has 1 N–H and O–H groups in total. The number of benzene rings is 3. The lowest BCUT2D eigenvalue weighted by Gasteiger charge is -2.00. The predicted molar refractivity (Wildman–Crippen MR) is 106 cm³/mol. The van der Waals surface area contributed by atoms with Gasteiger partial charge in [0.25, 0.3) is 5.69 Å². The standard InChI is InChI=1S/C21H14FN3O4/c1-12-8-16(23-11-14-9-17(25(27)28)6-7-19(14)26)10-18-20(12)29-21(24-18)13-2-4-15(22)5-3-13/h2-11,26H,1H3. The summed E-state index contributed by atoms with van der Waals surface area (Å²) >= 11 is 0. The second-order valence-corrected chi connectivity index (χ2v) is 6.40. The Morgan fingerprint density at radius 1 is 1.17 bits per heavy atom. The summed E-state index contributed by atoms with van der Waals surface area (Å²) in [5.41, 5.74) is 3.22. The molecular weight excluding hydrogens is 377 g/mol. The lowest BCUT2D eigenvalue weighted by atomic mass is 10.2. The number of phenols is 1. The zero-order chi connectivity index (χ0) is 20.5. The van der Waals surface area contributed by atoms with Gasteiger partial charge in [-0.05, 0) is 55.0 Å². The zero-order valence-electron chi connectivity index (χ0n) is 15.2. The fourth-order valence-corrected chi connectivity index (χ4v) is 2.87. The number of aryl methyl sites for hydroxylation is 1. The number of hydrogen-bond acceptors (Lipinski definition) is 6. The molecule has 144 valence electrons. The molecule has 0 amide bonds. The molecule has 4 aromatic rings. The molecule has 0 unspecified atom stereocenters. The normalized spacial score (nSPS) is 11.4. The van der Waals surface area contributed by atoms with Crippen LogP contribution in [0.25, 0.3) is 22.6 Å². The van der Waals surface area contributed by atoms with Crippen molar-refractivity contribution in [2.24, 2.45) is 4.99 Å². The van der Waals surface area contributed by atoms with Gasteiger partial charge in [0.1, 0.15) is 17.1 Å². The van der Waals surface area contributed by atoms with Gasteiger partial charge in [-0.1, -0.05) is 0 Å². The number of phenolic OH excluding ortho intramolecular Hbond substituents is 1. The number of nitro benzene ring substituents is 1. The van der Waals surface area contributed by atoms with Crippen molar-refractivity contribution >= 4 is 28.7 Å². The molecule has 0 bridgehead atoms. The average molecular weight is 391 g/mol. The Labute approximate surface area is 163 Å². The Bertz CT molecular complexity index is 1260. The van der Waals surface area contributed by atoms with E-state index >= 15 is 0 Å². The monoisotopic (exact) mass is 391 g/mol. The van der Waals surface area contributed by atoms with Crippen molar-refractivity contribution in [1.29, 1.82) is 0 Å². The third-order valence-electron chi connectivity index (χ3n) is 4.33. The summed E-state index contributed by atoms with van der Waals surface area (Å²) in [5, 5.41) is 20.8. The molecule has 0 spiro atoms. The van der Waals surface area contributed by atoms with Crippen molar-refractivity contribution in [2.45, 2.75) is 6.92 Å². The molecule has 1 heterocycles. The Hall–Kier alpha value is -4.07. The van der Waals surface area contributed by atoms with Crippen LogP contribution in [0.3, 0.4) is 0 Å². The Kier molecular flexibility index (Phi) is 4.52. The highest BCUT2D eigenvalue weighted by molar-refractivity contribution is 5.88. The number of fused-ring (bicyclic) bond motifs is 1. The molecule has 1 aromatic heterocycles. The van der Waals surface area contributed by atoms with Crippen molar-refractivity contribution in [1.82, 2.24) is 4.98 Å². The number of aromatic nitrogens is 1. The second-order valence-electron chi connectivity index (χ2n) is 6.40. The van der Waals surface area contributed by atoms with Crippen LogP contribution < -0.4 is 0 Å². The van der Waals surface area contributed by atoms with Gasteiger partial charge >= 0.3 is 0 Å². The Morgan fingerprint density at radius 2 is 1.93 bits per heavy atom. The first kappa shape index (κ1) is 18.3. The maximum Gasteiger partial charge on any atom is 0.270 e. The minimum absolute atomic E-state index is 0.114. The molecule has 0 radical (unpaired) electrons. The van der Waals surface area contributed by atoms with E-state index in [1.807, 2.05) is 6.92 Å². The van der Waals surface area contributed by atoms with Crippen LogP contribution in [0.4, 0.5) is 15.8 Å². The molecule has 8 heteroatoms. The minimum Gasteiger partial charge on any atom is -0.507 e. The van der Waals surface area contributed by atoms with Crippen LogP contribution in [0.2, 0.25) is 0 Å². The molecule has 4 rings (SSSR count). The minimum atomic E-state index is -0.542. The number of halogens is 1. The highest BCUT2D eigenvalue weighted by Crippen LogP contribution is 2.30. The van der Waals surface area contributed by atoms with E-state index in [9.17, 15) is 19.6 Å². The van der Waals surface area contributed by atoms with Crippen LogP contribution in [-0.2, 0) is 0 Å². The van der Waals surface area contributed by atoms with Gasteiger partial charge in [-0.2, -0.15) is 0 Å². The van der Waals surface area contributed by atoms with Crippen molar-refractivity contribution in [3.63, 3.8) is 0 Å². The van der Waals surface area contributed by atoms with E-state index < -0.39 is 4.92 Å². The first-order valence-electron chi connectivity index (χ1n) is 8.59. The zero-order valence-corrected chi connectivity index (χ0v) is 15.2. The smallest absolute Gasteiger partial charge is 0.270 e. The molecular formula is C21H14FN3O4. The maximum atomic E-state index is 13.1. The van der Waals surface area contributed by atoms with E-state index in [0.29, 0.717) is 28.2 Å². The number of non-ortho nitro benzene ring substituents is 1. The molecule has 0 atom stereocenters. The fraction of sp³-hybridized carbons (Fsp3) is 0.0476. The second kappa shape index (κ2) is 7.16. The van der Waals surface area contributed by atoms with Gasteiger partial charge in [0.2, 0.25) is 5.89 Å². The quantitative estimate of drug-likeness (QED) is 0.289. The first-order valence-corrected chi connectivity index (χ1v) is 8.59. The summed E-state index contributed by atoms with van der Waals surface area (Å²) in [6.07, 6.45) is 1.35. The van der Waals surface area contributed by atoms with Crippen molar-refractivity contribution in [2.75, 3.05) is 0 Å². The summed E-state index contributed by atoms with van der Waals surface area (Å²) < 4.78 is 18.9. The van der Waals surface area contributed by atoms with Crippen LogP contribution in [-0.4, -0.2) is 21.2 Å². The van der Waals surface area contributed by atoms with Gasteiger partial charge < -0.3 is 9.52 Å². The summed E-state index contributed by atoms with van der Waals surface area (Å²) in [7, 11) is 0. The fourth-order valence-electron chi connectivity index (χ4n) is 2.87. The third kappa shape index (κ3) is 3.68. The lowest BCUT2D eigenvalue weighted by Crippen LogP contribution is -1.90. The average Bonchev–Trinajstić information content (AvgIpc) is 3.12. The number of rotatable bonds is 4. The highest BCUT2D eigenvalue weighted by Gasteiger charge is 2.12. The molecule has 0 fully saturated rings.